The number of rotatable bonds is 2. The number of hydrogen-bond donors (Lipinski definition) is 1. The van der Waals surface area contributed by atoms with Crippen LogP contribution in [-0.2, 0) is 0 Å². The van der Waals surface area contributed by atoms with Crippen LogP contribution >= 0.6 is 0 Å². The second kappa shape index (κ2) is 4.32. The molecule has 2 rings (SSSR count). The number of hydrogen-bond acceptors (Lipinski definition) is 4. The molecule has 1 heterocycles. The molecule has 0 radical (unpaired) electrons. The van der Waals surface area contributed by atoms with E-state index >= 15 is 0 Å². The summed E-state index contributed by atoms with van der Waals surface area (Å²) in [6, 6.07) is 10.8. The second-order valence-corrected chi connectivity index (χ2v) is 3.00. The van der Waals surface area contributed by atoms with E-state index in [1.54, 1.807) is 36.7 Å². The van der Waals surface area contributed by atoms with Gasteiger partial charge in [-0.2, -0.15) is 10.2 Å². The van der Waals surface area contributed by atoms with Crippen molar-refractivity contribution in [2.24, 2.45) is 10.2 Å². The predicted molar refractivity (Wildman–Crippen MR) is 59.3 cm³/mol. The van der Waals surface area contributed by atoms with Gasteiger partial charge in [-0.25, -0.2) is 0 Å². The number of anilines is 1. The first-order valence-electron chi connectivity index (χ1n) is 4.52. The van der Waals surface area contributed by atoms with Crippen LogP contribution in [0.3, 0.4) is 0 Å². The van der Waals surface area contributed by atoms with Crippen molar-refractivity contribution in [3.8, 4) is 0 Å². The van der Waals surface area contributed by atoms with Gasteiger partial charge in [0.1, 0.15) is 0 Å². The molecule has 0 aliphatic carbocycles. The zero-order valence-electron chi connectivity index (χ0n) is 8.04. The van der Waals surface area contributed by atoms with Crippen LogP contribution in [0.15, 0.2) is 59.0 Å². The third kappa shape index (κ3) is 2.60. The van der Waals surface area contributed by atoms with E-state index in [0.717, 1.165) is 17.1 Å². The van der Waals surface area contributed by atoms with E-state index in [1.807, 2.05) is 12.1 Å². The summed E-state index contributed by atoms with van der Waals surface area (Å²) in [5.41, 5.74) is 7.83. The zero-order chi connectivity index (χ0) is 10.5. The lowest BCUT2D eigenvalue weighted by molar-refractivity contribution is 1.21. The van der Waals surface area contributed by atoms with E-state index in [1.165, 1.54) is 0 Å². The van der Waals surface area contributed by atoms with Crippen molar-refractivity contribution in [1.29, 1.82) is 0 Å². The van der Waals surface area contributed by atoms with Gasteiger partial charge in [-0.3, -0.25) is 4.98 Å². The van der Waals surface area contributed by atoms with Crippen molar-refractivity contribution in [3.63, 3.8) is 0 Å². The molecule has 0 atom stereocenters. The van der Waals surface area contributed by atoms with Gasteiger partial charge in [0, 0.05) is 18.1 Å². The normalized spacial score (nSPS) is 10.7. The molecule has 4 heteroatoms. The molecule has 0 unspecified atom stereocenters. The average Bonchev–Trinajstić information content (AvgIpc) is 2.30. The van der Waals surface area contributed by atoms with Gasteiger partial charge in [0.25, 0.3) is 0 Å². The first kappa shape index (κ1) is 9.33. The second-order valence-electron chi connectivity index (χ2n) is 3.00. The van der Waals surface area contributed by atoms with Gasteiger partial charge in [-0.05, 0) is 36.4 Å². The number of aromatic nitrogens is 1. The summed E-state index contributed by atoms with van der Waals surface area (Å²) < 4.78 is 0. The molecule has 0 bridgehead atoms. The molecule has 2 aromatic rings. The van der Waals surface area contributed by atoms with E-state index in [2.05, 4.69) is 15.2 Å². The molecule has 4 nitrogen and oxygen atoms in total. The van der Waals surface area contributed by atoms with Crippen LogP contribution in [0.25, 0.3) is 0 Å². The van der Waals surface area contributed by atoms with Crippen LogP contribution in [0.4, 0.5) is 17.1 Å². The van der Waals surface area contributed by atoms with E-state index in [0.29, 0.717) is 0 Å². The highest BCUT2D eigenvalue weighted by Gasteiger charge is 1.89. The van der Waals surface area contributed by atoms with Crippen LogP contribution in [0.2, 0.25) is 0 Å². The van der Waals surface area contributed by atoms with Gasteiger partial charge in [0.2, 0.25) is 0 Å². The fourth-order valence-electron chi connectivity index (χ4n) is 1.07. The third-order valence-corrected chi connectivity index (χ3v) is 1.84. The number of pyridine rings is 1. The van der Waals surface area contributed by atoms with Crippen molar-refractivity contribution in [1.82, 2.24) is 4.98 Å². The average molecular weight is 198 g/mol. The molecule has 2 N–H and O–H groups in total. The number of nitrogen functional groups attached to an aromatic ring is 1. The minimum Gasteiger partial charge on any atom is -0.399 e. The third-order valence-electron chi connectivity index (χ3n) is 1.84. The van der Waals surface area contributed by atoms with Gasteiger partial charge >= 0.3 is 0 Å². The Morgan fingerprint density at radius 1 is 0.800 bits per heavy atom. The largest absolute Gasteiger partial charge is 0.399 e. The predicted octanol–water partition coefficient (Wildman–Crippen LogP) is 3.08. The van der Waals surface area contributed by atoms with E-state index in [9.17, 15) is 0 Å². The van der Waals surface area contributed by atoms with Gasteiger partial charge in [-0.15, -0.1) is 0 Å². The molecular weight excluding hydrogens is 188 g/mol. The first-order chi connectivity index (χ1) is 7.34. The smallest absolute Gasteiger partial charge is 0.0887 e. The van der Waals surface area contributed by atoms with Gasteiger partial charge < -0.3 is 5.73 Å². The van der Waals surface area contributed by atoms with Crippen molar-refractivity contribution in [3.05, 3.63) is 48.8 Å². The highest BCUT2D eigenvalue weighted by Crippen LogP contribution is 2.18. The Labute approximate surface area is 87.5 Å². The number of nitrogens with two attached hydrogens (primary N) is 1. The Hall–Kier alpha value is -2.23. The Balaban J connectivity index is 2.15. The van der Waals surface area contributed by atoms with Crippen molar-refractivity contribution < 1.29 is 0 Å². The van der Waals surface area contributed by atoms with Crippen LogP contribution in [0, 0.1) is 0 Å². The number of azo groups is 1. The van der Waals surface area contributed by atoms with Crippen LogP contribution in [0.5, 0.6) is 0 Å². The maximum atomic E-state index is 5.55. The summed E-state index contributed by atoms with van der Waals surface area (Å²) in [7, 11) is 0. The van der Waals surface area contributed by atoms with Crippen LogP contribution in [0.1, 0.15) is 0 Å². The quantitative estimate of drug-likeness (QED) is 0.595. The molecule has 0 aliphatic heterocycles. The minimum absolute atomic E-state index is 0.720. The lowest BCUT2D eigenvalue weighted by atomic mass is 10.3. The first-order valence-corrected chi connectivity index (χ1v) is 4.52. The summed E-state index contributed by atoms with van der Waals surface area (Å²) >= 11 is 0. The Bertz CT molecular complexity index is 448. The Morgan fingerprint density at radius 3 is 1.93 bits per heavy atom. The molecule has 15 heavy (non-hydrogen) atoms. The molecule has 0 saturated heterocycles. The maximum absolute atomic E-state index is 5.55. The lowest BCUT2D eigenvalue weighted by Crippen LogP contribution is -1.80. The molecule has 0 spiro atoms. The van der Waals surface area contributed by atoms with Crippen molar-refractivity contribution >= 4 is 17.1 Å². The molecule has 0 saturated carbocycles. The highest BCUT2D eigenvalue weighted by atomic mass is 15.1. The molecule has 1 aromatic carbocycles. The Kier molecular flexibility index (Phi) is 2.69. The minimum atomic E-state index is 0.720. The molecular formula is C11H10N4. The standard InChI is InChI=1S/C11H10N4/c12-9-1-3-10(4-2-9)14-15-11-5-7-13-8-6-11/h1-8H,12H2. The topological polar surface area (TPSA) is 63.6 Å². The summed E-state index contributed by atoms with van der Waals surface area (Å²) in [6.45, 7) is 0. The molecule has 0 aliphatic rings. The number of nitrogens with zero attached hydrogens (tertiary/aromatic N) is 3. The van der Waals surface area contributed by atoms with Crippen molar-refractivity contribution in [2.45, 2.75) is 0 Å². The van der Waals surface area contributed by atoms with E-state index in [4.69, 9.17) is 5.73 Å². The molecule has 1 aromatic heterocycles. The lowest BCUT2D eigenvalue weighted by Gasteiger charge is -1.93. The molecule has 74 valence electrons. The summed E-state index contributed by atoms with van der Waals surface area (Å²) in [6.07, 6.45) is 3.36. The Morgan fingerprint density at radius 2 is 1.33 bits per heavy atom. The van der Waals surface area contributed by atoms with Crippen LogP contribution in [-0.4, -0.2) is 4.98 Å². The fourth-order valence-corrected chi connectivity index (χ4v) is 1.07. The van der Waals surface area contributed by atoms with Gasteiger partial charge in [0.15, 0.2) is 0 Å². The number of benzene rings is 1. The summed E-state index contributed by atoms with van der Waals surface area (Å²) in [5.74, 6) is 0. The maximum Gasteiger partial charge on any atom is 0.0887 e. The summed E-state index contributed by atoms with van der Waals surface area (Å²) in [5, 5.41) is 8.11. The zero-order valence-corrected chi connectivity index (χ0v) is 8.04. The van der Waals surface area contributed by atoms with E-state index < -0.39 is 0 Å². The van der Waals surface area contributed by atoms with Crippen molar-refractivity contribution in [2.75, 3.05) is 5.73 Å². The SMILES string of the molecule is Nc1ccc(N=Nc2ccncc2)cc1. The monoisotopic (exact) mass is 198 g/mol. The summed E-state index contributed by atoms with van der Waals surface area (Å²) in [4.78, 5) is 3.89. The molecule has 0 amide bonds. The fraction of sp³-hybridized carbons (Fsp3) is 0. The van der Waals surface area contributed by atoms with Crippen LogP contribution < -0.4 is 5.73 Å². The van der Waals surface area contributed by atoms with Gasteiger partial charge in [-0.1, -0.05) is 0 Å². The van der Waals surface area contributed by atoms with E-state index in [-0.39, 0.29) is 0 Å². The van der Waals surface area contributed by atoms with Gasteiger partial charge in [0.05, 0.1) is 11.4 Å². The molecule has 0 fully saturated rings. The highest BCUT2D eigenvalue weighted by molar-refractivity contribution is 5.47.